The first-order chi connectivity index (χ1) is 8.13. The van der Waals surface area contributed by atoms with Crippen LogP contribution in [-0.4, -0.2) is 14.9 Å². The molecule has 1 aromatic heterocycles. The molecule has 0 fully saturated rings. The Kier molecular flexibility index (Phi) is 3.18. The molecule has 0 amide bonds. The largest absolute Gasteiger partial charge is 0.504 e. The SMILES string of the molecule is CCCc1c(O)c(C)nn1-c1ccc(C)cc1. The monoisotopic (exact) mass is 230 g/mol. The summed E-state index contributed by atoms with van der Waals surface area (Å²) in [6, 6.07) is 8.17. The lowest BCUT2D eigenvalue weighted by atomic mass is 10.2. The lowest BCUT2D eigenvalue weighted by molar-refractivity contribution is 0.462. The predicted molar refractivity (Wildman–Crippen MR) is 68.7 cm³/mol. The third-order valence-electron chi connectivity index (χ3n) is 2.89. The summed E-state index contributed by atoms with van der Waals surface area (Å²) < 4.78 is 1.84. The molecule has 0 saturated carbocycles. The smallest absolute Gasteiger partial charge is 0.160 e. The molecule has 0 atom stereocenters. The van der Waals surface area contributed by atoms with E-state index in [1.165, 1.54) is 5.56 Å². The molecular weight excluding hydrogens is 212 g/mol. The summed E-state index contributed by atoms with van der Waals surface area (Å²) in [6.45, 7) is 5.99. The Balaban J connectivity index is 2.50. The van der Waals surface area contributed by atoms with Gasteiger partial charge in [0.25, 0.3) is 0 Å². The van der Waals surface area contributed by atoms with E-state index in [4.69, 9.17) is 0 Å². The first-order valence-electron chi connectivity index (χ1n) is 5.98. The van der Waals surface area contributed by atoms with Crippen molar-refractivity contribution in [1.29, 1.82) is 0 Å². The molecule has 3 nitrogen and oxygen atoms in total. The lowest BCUT2D eigenvalue weighted by Gasteiger charge is -2.07. The van der Waals surface area contributed by atoms with Gasteiger partial charge in [-0.2, -0.15) is 5.10 Å². The van der Waals surface area contributed by atoms with Crippen LogP contribution in [0.15, 0.2) is 24.3 Å². The quantitative estimate of drug-likeness (QED) is 0.879. The highest BCUT2D eigenvalue weighted by atomic mass is 16.3. The number of benzene rings is 1. The van der Waals surface area contributed by atoms with E-state index in [0.717, 1.165) is 24.2 Å². The van der Waals surface area contributed by atoms with Crippen molar-refractivity contribution in [2.45, 2.75) is 33.6 Å². The molecule has 2 aromatic rings. The second kappa shape index (κ2) is 4.62. The predicted octanol–water partition coefficient (Wildman–Crippen LogP) is 3.15. The molecule has 90 valence electrons. The van der Waals surface area contributed by atoms with Crippen molar-refractivity contribution in [2.24, 2.45) is 0 Å². The molecule has 17 heavy (non-hydrogen) atoms. The number of aromatic hydroxyl groups is 1. The minimum atomic E-state index is 0.326. The average Bonchev–Trinajstić information content (AvgIpc) is 2.59. The zero-order chi connectivity index (χ0) is 12.4. The summed E-state index contributed by atoms with van der Waals surface area (Å²) in [5.74, 6) is 0.326. The lowest BCUT2D eigenvalue weighted by Crippen LogP contribution is -2.02. The maximum absolute atomic E-state index is 9.98. The van der Waals surface area contributed by atoms with E-state index in [1.807, 2.05) is 23.7 Å². The highest BCUT2D eigenvalue weighted by Gasteiger charge is 2.14. The third kappa shape index (κ3) is 2.18. The van der Waals surface area contributed by atoms with Crippen molar-refractivity contribution in [2.75, 3.05) is 0 Å². The molecule has 1 aromatic carbocycles. The first-order valence-corrected chi connectivity index (χ1v) is 5.98. The second-order valence-corrected chi connectivity index (χ2v) is 4.38. The van der Waals surface area contributed by atoms with Crippen LogP contribution in [0.3, 0.4) is 0 Å². The van der Waals surface area contributed by atoms with Gasteiger partial charge in [0.2, 0.25) is 0 Å². The van der Waals surface area contributed by atoms with Gasteiger partial charge in [-0.25, -0.2) is 4.68 Å². The summed E-state index contributed by atoms with van der Waals surface area (Å²) in [7, 11) is 0. The Labute approximate surface area is 102 Å². The fraction of sp³-hybridized carbons (Fsp3) is 0.357. The number of aromatic nitrogens is 2. The summed E-state index contributed by atoms with van der Waals surface area (Å²) in [5.41, 5.74) is 3.81. The summed E-state index contributed by atoms with van der Waals surface area (Å²) in [4.78, 5) is 0. The highest BCUT2D eigenvalue weighted by Crippen LogP contribution is 2.25. The van der Waals surface area contributed by atoms with Crippen LogP contribution in [0.25, 0.3) is 5.69 Å². The van der Waals surface area contributed by atoms with E-state index in [9.17, 15) is 5.11 Å². The van der Waals surface area contributed by atoms with Crippen LogP contribution in [-0.2, 0) is 6.42 Å². The standard InChI is InChI=1S/C14H18N2O/c1-4-5-13-14(17)11(3)15-16(13)12-8-6-10(2)7-9-12/h6-9,17H,4-5H2,1-3H3. The minimum Gasteiger partial charge on any atom is -0.504 e. The molecule has 0 aliphatic carbocycles. The molecule has 0 radical (unpaired) electrons. The van der Waals surface area contributed by atoms with Crippen LogP contribution in [0, 0.1) is 13.8 Å². The zero-order valence-electron chi connectivity index (χ0n) is 10.6. The highest BCUT2D eigenvalue weighted by molar-refractivity contribution is 5.41. The Bertz CT molecular complexity index is 512. The molecular formula is C14H18N2O. The van der Waals surface area contributed by atoms with Crippen LogP contribution in [0.4, 0.5) is 0 Å². The molecule has 0 aliphatic heterocycles. The van der Waals surface area contributed by atoms with Crippen molar-refractivity contribution in [3.05, 3.63) is 41.2 Å². The van der Waals surface area contributed by atoms with E-state index in [0.29, 0.717) is 11.4 Å². The molecule has 0 bridgehead atoms. The Morgan fingerprint density at radius 3 is 2.41 bits per heavy atom. The van der Waals surface area contributed by atoms with Crippen LogP contribution >= 0.6 is 0 Å². The Morgan fingerprint density at radius 2 is 1.82 bits per heavy atom. The van der Waals surface area contributed by atoms with Crippen LogP contribution in [0.5, 0.6) is 5.75 Å². The summed E-state index contributed by atoms with van der Waals surface area (Å²) in [6.07, 6.45) is 1.82. The van der Waals surface area contributed by atoms with Gasteiger partial charge in [-0.1, -0.05) is 31.0 Å². The van der Waals surface area contributed by atoms with E-state index in [-0.39, 0.29) is 0 Å². The second-order valence-electron chi connectivity index (χ2n) is 4.38. The normalized spacial score (nSPS) is 10.8. The van der Waals surface area contributed by atoms with Gasteiger partial charge in [0.05, 0.1) is 11.4 Å². The van der Waals surface area contributed by atoms with Gasteiger partial charge < -0.3 is 5.11 Å². The number of hydrogen-bond donors (Lipinski definition) is 1. The Morgan fingerprint density at radius 1 is 1.18 bits per heavy atom. The van der Waals surface area contributed by atoms with Crippen molar-refractivity contribution < 1.29 is 5.11 Å². The van der Waals surface area contributed by atoms with Crippen LogP contribution < -0.4 is 0 Å². The number of rotatable bonds is 3. The first kappa shape index (κ1) is 11.7. The summed E-state index contributed by atoms with van der Waals surface area (Å²) >= 11 is 0. The van der Waals surface area contributed by atoms with Crippen LogP contribution in [0.1, 0.15) is 30.3 Å². The molecule has 3 heteroatoms. The van der Waals surface area contributed by atoms with E-state index >= 15 is 0 Å². The van der Waals surface area contributed by atoms with E-state index in [1.54, 1.807) is 0 Å². The van der Waals surface area contributed by atoms with Gasteiger partial charge in [-0.15, -0.1) is 0 Å². The number of nitrogens with zero attached hydrogens (tertiary/aromatic N) is 2. The molecule has 0 saturated heterocycles. The average molecular weight is 230 g/mol. The van der Waals surface area contributed by atoms with E-state index < -0.39 is 0 Å². The topological polar surface area (TPSA) is 38.1 Å². The third-order valence-corrected chi connectivity index (χ3v) is 2.89. The van der Waals surface area contributed by atoms with Crippen LogP contribution in [0.2, 0.25) is 0 Å². The zero-order valence-corrected chi connectivity index (χ0v) is 10.6. The fourth-order valence-electron chi connectivity index (χ4n) is 1.93. The molecule has 1 N–H and O–H groups in total. The van der Waals surface area contributed by atoms with Gasteiger partial charge in [-0.3, -0.25) is 0 Å². The Hall–Kier alpha value is -1.77. The number of aryl methyl sites for hydroxylation is 2. The molecule has 1 heterocycles. The molecule has 0 aliphatic rings. The van der Waals surface area contributed by atoms with Gasteiger partial charge in [0.15, 0.2) is 5.75 Å². The molecule has 2 rings (SSSR count). The van der Waals surface area contributed by atoms with Crippen molar-refractivity contribution in [1.82, 2.24) is 9.78 Å². The van der Waals surface area contributed by atoms with Gasteiger partial charge >= 0.3 is 0 Å². The van der Waals surface area contributed by atoms with Crippen molar-refractivity contribution in [3.63, 3.8) is 0 Å². The van der Waals surface area contributed by atoms with Crippen molar-refractivity contribution in [3.8, 4) is 11.4 Å². The number of hydrogen-bond acceptors (Lipinski definition) is 2. The minimum absolute atomic E-state index is 0.326. The maximum atomic E-state index is 9.98. The van der Waals surface area contributed by atoms with Gasteiger partial charge in [-0.05, 0) is 32.4 Å². The fourth-order valence-corrected chi connectivity index (χ4v) is 1.93. The van der Waals surface area contributed by atoms with E-state index in [2.05, 4.69) is 31.1 Å². The van der Waals surface area contributed by atoms with Crippen molar-refractivity contribution >= 4 is 0 Å². The molecule has 0 unspecified atom stereocenters. The van der Waals surface area contributed by atoms with Gasteiger partial charge in [0, 0.05) is 0 Å². The van der Waals surface area contributed by atoms with Gasteiger partial charge in [0.1, 0.15) is 5.69 Å². The maximum Gasteiger partial charge on any atom is 0.160 e. The molecule has 0 spiro atoms. The summed E-state index contributed by atoms with van der Waals surface area (Å²) in [5, 5.41) is 14.4.